The summed E-state index contributed by atoms with van der Waals surface area (Å²) in [4.78, 5) is 12.9. The highest BCUT2D eigenvalue weighted by Crippen LogP contribution is 2.40. The zero-order chi connectivity index (χ0) is 17.7. The Balaban J connectivity index is 2.10. The SMILES string of the molecule is CCCCN(CC(F)(F)F)C(=O)/C=C/c1cc(Cl)c2c(c1)OCO2. The second-order valence-corrected chi connectivity index (χ2v) is 5.71. The molecular weight excluding hydrogens is 347 g/mol. The molecule has 1 aliphatic heterocycles. The molecule has 0 aromatic heterocycles. The van der Waals surface area contributed by atoms with E-state index >= 15 is 0 Å². The first-order chi connectivity index (χ1) is 11.3. The van der Waals surface area contributed by atoms with Gasteiger partial charge in [0.1, 0.15) is 6.54 Å². The second kappa shape index (κ2) is 7.79. The highest BCUT2D eigenvalue weighted by atomic mass is 35.5. The third-order valence-corrected chi connectivity index (χ3v) is 3.61. The number of rotatable bonds is 6. The first-order valence-electron chi connectivity index (χ1n) is 7.43. The van der Waals surface area contributed by atoms with Gasteiger partial charge in [0, 0.05) is 12.6 Å². The van der Waals surface area contributed by atoms with Gasteiger partial charge in [-0.15, -0.1) is 0 Å². The van der Waals surface area contributed by atoms with Crippen LogP contribution in [0.2, 0.25) is 5.02 Å². The summed E-state index contributed by atoms with van der Waals surface area (Å²) in [5.74, 6) is 0.157. The van der Waals surface area contributed by atoms with E-state index in [4.69, 9.17) is 21.1 Å². The van der Waals surface area contributed by atoms with Crippen molar-refractivity contribution in [3.05, 3.63) is 28.8 Å². The molecule has 0 fully saturated rings. The largest absolute Gasteiger partial charge is 0.454 e. The van der Waals surface area contributed by atoms with Gasteiger partial charge in [-0.25, -0.2) is 0 Å². The molecule has 2 rings (SSSR count). The van der Waals surface area contributed by atoms with Crippen LogP contribution < -0.4 is 9.47 Å². The summed E-state index contributed by atoms with van der Waals surface area (Å²) in [6.07, 6.45) is -0.714. The number of carbonyl (C=O) groups is 1. The highest BCUT2D eigenvalue weighted by molar-refractivity contribution is 6.32. The van der Waals surface area contributed by atoms with Crippen LogP contribution in [-0.2, 0) is 4.79 Å². The summed E-state index contributed by atoms with van der Waals surface area (Å²) in [5.41, 5.74) is 0.542. The predicted octanol–water partition coefficient (Wildman–Crippen LogP) is 4.27. The molecular formula is C16H17ClF3NO3. The number of hydrogen-bond acceptors (Lipinski definition) is 3. The first kappa shape index (κ1) is 18.4. The van der Waals surface area contributed by atoms with Crippen molar-refractivity contribution in [2.75, 3.05) is 19.9 Å². The number of halogens is 4. The topological polar surface area (TPSA) is 38.8 Å². The Morgan fingerprint density at radius 3 is 2.79 bits per heavy atom. The van der Waals surface area contributed by atoms with Crippen LogP contribution in [0.1, 0.15) is 25.3 Å². The molecule has 132 valence electrons. The summed E-state index contributed by atoms with van der Waals surface area (Å²) in [7, 11) is 0. The van der Waals surface area contributed by atoms with Gasteiger partial charge >= 0.3 is 6.18 Å². The van der Waals surface area contributed by atoms with Crippen molar-refractivity contribution in [2.45, 2.75) is 25.9 Å². The van der Waals surface area contributed by atoms with E-state index in [1.807, 2.05) is 6.92 Å². The van der Waals surface area contributed by atoms with Gasteiger partial charge in [0.25, 0.3) is 0 Å². The molecule has 1 aliphatic rings. The van der Waals surface area contributed by atoms with Crippen molar-refractivity contribution in [1.82, 2.24) is 4.90 Å². The Bertz CT molecular complexity index is 632. The summed E-state index contributed by atoms with van der Waals surface area (Å²) in [6.45, 7) is 0.692. The van der Waals surface area contributed by atoms with E-state index in [1.165, 1.54) is 6.08 Å². The van der Waals surface area contributed by atoms with Gasteiger partial charge in [-0.3, -0.25) is 4.79 Å². The van der Waals surface area contributed by atoms with Gasteiger partial charge in [-0.05, 0) is 30.2 Å². The third kappa shape index (κ3) is 5.06. The number of hydrogen-bond donors (Lipinski definition) is 0. The molecule has 4 nitrogen and oxygen atoms in total. The van der Waals surface area contributed by atoms with Crippen LogP contribution in [0.15, 0.2) is 18.2 Å². The van der Waals surface area contributed by atoms with E-state index < -0.39 is 18.6 Å². The van der Waals surface area contributed by atoms with E-state index in [0.717, 1.165) is 11.0 Å². The minimum atomic E-state index is -4.43. The Morgan fingerprint density at radius 2 is 2.12 bits per heavy atom. The van der Waals surface area contributed by atoms with Crippen molar-refractivity contribution in [2.24, 2.45) is 0 Å². The number of ether oxygens (including phenoxy) is 2. The average Bonchev–Trinajstić information content (AvgIpc) is 2.97. The molecule has 0 atom stereocenters. The van der Waals surface area contributed by atoms with Crippen LogP contribution in [0.25, 0.3) is 6.08 Å². The predicted molar refractivity (Wildman–Crippen MR) is 84.2 cm³/mol. The fraction of sp³-hybridized carbons (Fsp3) is 0.438. The zero-order valence-corrected chi connectivity index (χ0v) is 13.8. The maximum atomic E-state index is 12.6. The van der Waals surface area contributed by atoms with E-state index in [9.17, 15) is 18.0 Å². The average molecular weight is 364 g/mol. The summed E-state index contributed by atoms with van der Waals surface area (Å²) >= 11 is 6.03. The van der Waals surface area contributed by atoms with Crippen LogP contribution in [0.5, 0.6) is 11.5 Å². The molecule has 0 unspecified atom stereocenters. The third-order valence-electron chi connectivity index (χ3n) is 3.33. The van der Waals surface area contributed by atoms with Crippen molar-refractivity contribution in [3.8, 4) is 11.5 Å². The van der Waals surface area contributed by atoms with Crippen LogP contribution in [-0.4, -0.2) is 36.9 Å². The fourth-order valence-electron chi connectivity index (χ4n) is 2.19. The zero-order valence-electron chi connectivity index (χ0n) is 13.0. The molecule has 0 bridgehead atoms. The Labute approximate surface area is 142 Å². The number of alkyl halides is 3. The number of amides is 1. The lowest BCUT2D eigenvalue weighted by molar-refractivity contribution is -0.158. The number of unbranched alkanes of at least 4 members (excludes halogenated alkanes) is 1. The lowest BCUT2D eigenvalue weighted by atomic mass is 10.2. The van der Waals surface area contributed by atoms with Crippen LogP contribution in [0.4, 0.5) is 13.2 Å². The number of benzene rings is 1. The summed E-state index contributed by atoms with van der Waals surface area (Å²) < 4.78 is 48.2. The van der Waals surface area contributed by atoms with Crippen molar-refractivity contribution in [1.29, 1.82) is 0 Å². The van der Waals surface area contributed by atoms with Crippen molar-refractivity contribution >= 4 is 23.6 Å². The van der Waals surface area contributed by atoms with Gasteiger partial charge in [0.15, 0.2) is 11.5 Å². The van der Waals surface area contributed by atoms with Crippen molar-refractivity contribution < 1.29 is 27.4 Å². The van der Waals surface area contributed by atoms with Crippen LogP contribution >= 0.6 is 11.6 Å². The summed E-state index contributed by atoms with van der Waals surface area (Å²) in [6, 6.07) is 3.16. The molecule has 1 aromatic rings. The molecule has 0 radical (unpaired) electrons. The van der Waals surface area contributed by atoms with Crippen molar-refractivity contribution in [3.63, 3.8) is 0 Å². The number of nitrogens with zero attached hydrogens (tertiary/aromatic N) is 1. The van der Waals surface area contributed by atoms with Gasteiger partial charge in [0.2, 0.25) is 12.7 Å². The van der Waals surface area contributed by atoms with Gasteiger partial charge < -0.3 is 14.4 Å². The number of fused-ring (bicyclic) bond motifs is 1. The standard InChI is InChI=1S/C16H17ClF3NO3/c1-2-3-6-21(9-16(18,19)20)14(22)5-4-11-7-12(17)15-13(8-11)23-10-24-15/h4-5,7-8H,2-3,6,9-10H2,1H3/b5-4+. The molecule has 0 N–H and O–H groups in total. The fourth-order valence-corrected chi connectivity index (χ4v) is 2.46. The maximum Gasteiger partial charge on any atom is 0.406 e. The van der Waals surface area contributed by atoms with Gasteiger partial charge in [-0.2, -0.15) is 13.2 Å². The molecule has 0 saturated carbocycles. The van der Waals surface area contributed by atoms with Crippen LogP contribution in [0.3, 0.4) is 0 Å². The Kier molecular flexibility index (Phi) is 5.99. The van der Waals surface area contributed by atoms with Crippen LogP contribution in [0, 0.1) is 0 Å². The lowest BCUT2D eigenvalue weighted by Gasteiger charge is -2.22. The maximum absolute atomic E-state index is 12.6. The Hall–Kier alpha value is -1.89. The smallest absolute Gasteiger partial charge is 0.406 e. The lowest BCUT2D eigenvalue weighted by Crippen LogP contribution is -2.38. The molecule has 8 heteroatoms. The van der Waals surface area contributed by atoms with Gasteiger partial charge in [-0.1, -0.05) is 24.9 Å². The quantitative estimate of drug-likeness (QED) is 0.708. The first-order valence-corrected chi connectivity index (χ1v) is 7.81. The molecule has 0 saturated heterocycles. The second-order valence-electron chi connectivity index (χ2n) is 5.30. The normalized spacial score (nSPS) is 13.5. The summed E-state index contributed by atoms with van der Waals surface area (Å²) in [5, 5.41) is 0.315. The van der Waals surface area contributed by atoms with E-state index in [1.54, 1.807) is 12.1 Å². The minimum absolute atomic E-state index is 0.0531. The van der Waals surface area contributed by atoms with E-state index in [-0.39, 0.29) is 13.3 Å². The molecule has 1 aromatic carbocycles. The highest BCUT2D eigenvalue weighted by Gasteiger charge is 2.32. The Morgan fingerprint density at radius 1 is 1.38 bits per heavy atom. The minimum Gasteiger partial charge on any atom is -0.454 e. The molecule has 0 aliphatic carbocycles. The van der Waals surface area contributed by atoms with E-state index in [0.29, 0.717) is 34.9 Å². The molecule has 0 spiro atoms. The van der Waals surface area contributed by atoms with E-state index in [2.05, 4.69) is 0 Å². The molecule has 1 heterocycles. The monoisotopic (exact) mass is 363 g/mol. The molecule has 24 heavy (non-hydrogen) atoms. The number of carbonyl (C=O) groups excluding carboxylic acids is 1. The van der Waals surface area contributed by atoms with Gasteiger partial charge in [0.05, 0.1) is 5.02 Å². The molecule has 1 amide bonds.